The number of non-ortho nitro benzene ring substituents is 1. The molecule has 0 heterocycles. The Labute approximate surface area is 166 Å². The first kappa shape index (κ1) is 24.2. The van der Waals surface area contributed by atoms with Crippen molar-refractivity contribution in [3.05, 3.63) is 45.3 Å². The smallest absolute Gasteiger partial charge is 0.305 e. The van der Waals surface area contributed by atoms with Gasteiger partial charge >= 0.3 is 7.60 Å². The zero-order chi connectivity index (χ0) is 21.3. The largest absolute Gasteiger partial charge is 0.364 e. The van der Waals surface area contributed by atoms with Crippen LogP contribution in [0, 0.1) is 22.0 Å². The molecule has 0 aromatic heterocycles. The van der Waals surface area contributed by atoms with Crippen molar-refractivity contribution in [2.24, 2.45) is 11.8 Å². The van der Waals surface area contributed by atoms with Gasteiger partial charge in [-0.05, 0) is 43.2 Å². The molecule has 0 aliphatic heterocycles. The first-order chi connectivity index (χ1) is 13.0. The minimum Gasteiger partial charge on any atom is -0.305 e. The van der Waals surface area contributed by atoms with Crippen molar-refractivity contribution < 1.29 is 23.3 Å². The second-order valence-electron chi connectivity index (χ2n) is 7.47. The van der Waals surface area contributed by atoms with Crippen molar-refractivity contribution in [2.45, 2.75) is 47.5 Å². The molecule has 28 heavy (non-hydrogen) atoms. The van der Waals surface area contributed by atoms with Crippen molar-refractivity contribution in [1.29, 1.82) is 0 Å². The van der Waals surface area contributed by atoms with Crippen LogP contribution in [0.15, 0.2) is 29.6 Å². The van der Waals surface area contributed by atoms with Crippen molar-refractivity contribution >= 4 is 25.1 Å². The molecule has 0 N–H and O–H groups in total. The average Bonchev–Trinajstić information content (AvgIpc) is 2.59. The second kappa shape index (κ2) is 11.2. The maximum Gasteiger partial charge on any atom is 0.364 e. The van der Waals surface area contributed by atoms with E-state index in [1.54, 1.807) is 6.07 Å². The van der Waals surface area contributed by atoms with Crippen LogP contribution in [0.4, 0.5) is 5.69 Å². The number of allylic oxidation sites excluding steroid dienone is 1. The van der Waals surface area contributed by atoms with E-state index in [-0.39, 0.29) is 24.2 Å². The molecule has 0 aliphatic carbocycles. The highest BCUT2D eigenvalue weighted by molar-refractivity contribution is 7.60. The summed E-state index contributed by atoms with van der Waals surface area (Å²) < 4.78 is 24.7. The summed E-state index contributed by atoms with van der Waals surface area (Å²) in [6.07, 6.45) is 2.69. The summed E-state index contributed by atoms with van der Waals surface area (Å²) in [4.78, 5) is 22.7. The highest BCUT2D eigenvalue weighted by atomic mass is 31.2. The second-order valence-corrected chi connectivity index (χ2v) is 9.46. The van der Waals surface area contributed by atoms with Gasteiger partial charge in [-0.2, -0.15) is 0 Å². The Morgan fingerprint density at radius 3 is 2.11 bits per heavy atom. The van der Waals surface area contributed by atoms with Gasteiger partial charge in [-0.3, -0.25) is 19.5 Å². The number of hydrogen-bond donors (Lipinski definition) is 0. The number of nitrogens with zero attached hydrogens (tertiary/aromatic N) is 1. The molecule has 0 fully saturated rings. The molecule has 0 saturated carbocycles. The first-order valence-corrected chi connectivity index (χ1v) is 11.0. The molecule has 1 rings (SSSR count). The summed E-state index contributed by atoms with van der Waals surface area (Å²) in [5.74, 6) is 0.222. The highest BCUT2D eigenvalue weighted by Gasteiger charge is 2.33. The molecule has 0 aliphatic rings. The molecule has 0 unspecified atom stereocenters. The Morgan fingerprint density at radius 2 is 1.68 bits per heavy atom. The Kier molecular flexibility index (Phi) is 9.73. The topological polar surface area (TPSA) is 95.7 Å². The molecule has 0 saturated heterocycles. The number of nitro benzene ring substituents is 1. The number of carbonyl (C=O) groups excluding carboxylic acids is 1. The minimum absolute atomic E-state index is 0.0967. The zero-order valence-electron chi connectivity index (χ0n) is 17.2. The lowest BCUT2D eigenvalue weighted by molar-refractivity contribution is -0.384. The van der Waals surface area contributed by atoms with E-state index in [9.17, 15) is 19.5 Å². The molecule has 0 radical (unpaired) electrons. The number of benzene rings is 1. The molecular formula is C20H30NO6P. The molecular weight excluding hydrogens is 381 g/mol. The van der Waals surface area contributed by atoms with Crippen LogP contribution in [-0.4, -0.2) is 23.9 Å². The number of ketones is 1. The van der Waals surface area contributed by atoms with Gasteiger partial charge in [0.1, 0.15) is 5.31 Å². The molecule has 0 atom stereocenters. The van der Waals surface area contributed by atoms with Crippen LogP contribution in [-0.2, 0) is 18.4 Å². The van der Waals surface area contributed by atoms with Gasteiger partial charge in [0.05, 0.1) is 18.1 Å². The van der Waals surface area contributed by atoms with Crippen LogP contribution in [0.3, 0.4) is 0 Å². The first-order valence-electron chi connectivity index (χ1n) is 9.42. The Hall–Kier alpha value is -1.82. The van der Waals surface area contributed by atoms with Crippen molar-refractivity contribution in [3.8, 4) is 0 Å². The van der Waals surface area contributed by atoms with Crippen molar-refractivity contribution in [2.75, 3.05) is 13.2 Å². The summed E-state index contributed by atoms with van der Waals surface area (Å²) in [6.45, 7) is 9.72. The molecule has 8 heteroatoms. The van der Waals surface area contributed by atoms with E-state index >= 15 is 0 Å². The normalized spacial score (nSPS) is 12.6. The summed E-state index contributed by atoms with van der Waals surface area (Å²) in [5, 5.41) is 10.9. The Balaban J connectivity index is 3.24. The SMILES string of the molecule is CC(=O)C(=Cc1cccc([N+](=O)[O-])c1)P(=O)(OCCC(C)C)OCCC(C)C. The number of nitro groups is 1. The zero-order valence-corrected chi connectivity index (χ0v) is 18.1. The van der Waals surface area contributed by atoms with Crippen LogP contribution >= 0.6 is 7.60 Å². The summed E-state index contributed by atoms with van der Waals surface area (Å²) >= 11 is 0. The lowest BCUT2D eigenvalue weighted by atomic mass is 10.1. The summed E-state index contributed by atoms with van der Waals surface area (Å²) in [6, 6.07) is 5.77. The molecule has 0 amide bonds. The third kappa shape index (κ3) is 8.05. The quantitative estimate of drug-likeness (QED) is 0.185. The van der Waals surface area contributed by atoms with Crippen molar-refractivity contribution in [1.82, 2.24) is 0 Å². The van der Waals surface area contributed by atoms with Crippen LogP contribution in [0.25, 0.3) is 6.08 Å². The number of carbonyl (C=O) groups is 1. The van der Waals surface area contributed by atoms with E-state index in [1.807, 2.05) is 27.7 Å². The standard InChI is InChI=1S/C20H30NO6P/c1-15(2)9-11-26-28(25,27-12-10-16(3)4)20(17(5)22)14-18-7-6-8-19(13-18)21(23)24/h6-8,13-16H,9-12H2,1-5H3. The number of Topliss-reactive ketones (excluding diaryl/α,β-unsaturated/α-hetero) is 1. The van der Waals surface area contributed by atoms with Crippen LogP contribution in [0.5, 0.6) is 0 Å². The molecule has 0 bridgehead atoms. The predicted molar refractivity (Wildman–Crippen MR) is 110 cm³/mol. The molecule has 0 spiro atoms. The van der Waals surface area contributed by atoms with E-state index in [1.165, 1.54) is 31.2 Å². The molecule has 1 aromatic carbocycles. The fourth-order valence-corrected chi connectivity index (χ4v) is 3.99. The molecule has 7 nitrogen and oxygen atoms in total. The number of hydrogen-bond acceptors (Lipinski definition) is 6. The van der Waals surface area contributed by atoms with Crippen molar-refractivity contribution in [3.63, 3.8) is 0 Å². The Bertz CT molecular complexity index is 739. The fourth-order valence-electron chi connectivity index (χ4n) is 2.25. The van der Waals surface area contributed by atoms with Gasteiger partial charge in [-0.1, -0.05) is 39.8 Å². The lowest BCUT2D eigenvalue weighted by Crippen LogP contribution is -2.09. The molecule has 156 valence electrons. The Morgan fingerprint density at radius 1 is 1.14 bits per heavy atom. The van der Waals surface area contributed by atoms with Gasteiger partial charge in [0, 0.05) is 12.1 Å². The van der Waals surface area contributed by atoms with Gasteiger partial charge in [-0.25, -0.2) is 0 Å². The third-order valence-electron chi connectivity index (χ3n) is 3.95. The molecule has 1 aromatic rings. The maximum absolute atomic E-state index is 13.5. The lowest BCUT2D eigenvalue weighted by Gasteiger charge is -2.21. The van der Waals surface area contributed by atoms with E-state index < -0.39 is 18.3 Å². The van der Waals surface area contributed by atoms with Gasteiger partial charge in [0.15, 0.2) is 5.78 Å². The summed E-state index contributed by atoms with van der Waals surface area (Å²) in [5.41, 5.74) is 0.271. The monoisotopic (exact) mass is 411 g/mol. The van der Waals surface area contributed by atoms with E-state index in [0.29, 0.717) is 30.2 Å². The van der Waals surface area contributed by atoms with Crippen LogP contribution in [0.2, 0.25) is 0 Å². The van der Waals surface area contributed by atoms with Gasteiger partial charge in [-0.15, -0.1) is 0 Å². The number of rotatable bonds is 12. The van der Waals surface area contributed by atoms with Gasteiger partial charge in [0.2, 0.25) is 0 Å². The van der Waals surface area contributed by atoms with Crippen LogP contribution < -0.4 is 0 Å². The van der Waals surface area contributed by atoms with Crippen LogP contribution in [0.1, 0.15) is 53.0 Å². The van der Waals surface area contributed by atoms with Gasteiger partial charge in [0.25, 0.3) is 5.69 Å². The van der Waals surface area contributed by atoms with E-state index in [2.05, 4.69) is 0 Å². The third-order valence-corrected chi connectivity index (χ3v) is 6.03. The van der Waals surface area contributed by atoms with E-state index in [0.717, 1.165) is 0 Å². The predicted octanol–water partition coefficient (Wildman–Crippen LogP) is 5.84. The minimum atomic E-state index is -3.86. The van der Waals surface area contributed by atoms with E-state index in [4.69, 9.17) is 9.05 Å². The average molecular weight is 411 g/mol. The fraction of sp³-hybridized carbons (Fsp3) is 0.550. The summed E-state index contributed by atoms with van der Waals surface area (Å²) in [7, 11) is -3.86. The van der Waals surface area contributed by atoms with Gasteiger partial charge < -0.3 is 9.05 Å². The maximum atomic E-state index is 13.5. The highest BCUT2D eigenvalue weighted by Crippen LogP contribution is 2.57.